The average Bonchev–Trinajstić information content (AvgIpc) is 3.14. The van der Waals surface area contributed by atoms with Crippen LogP contribution in [0, 0.1) is 0 Å². The van der Waals surface area contributed by atoms with Gasteiger partial charge in [-0.25, -0.2) is 4.98 Å². The molecule has 0 fully saturated rings. The van der Waals surface area contributed by atoms with E-state index in [1.165, 1.54) is 23.5 Å². The number of anilines is 3. The molecular formula is C20H18F3N3O4S. The quantitative estimate of drug-likeness (QED) is 0.501. The highest BCUT2D eigenvalue weighted by Crippen LogP contribution is 2.32. The predicted molar refractivity (Wildman–Crippen MR) is 110 cm³/mol. The molecule has 1 amide bonds. The van der Waals surface area contributed by atoms with Gasteiger partial charge in [0.15, 0.2) is 5.13 Å². The summed E-state index contributed by atoms with van der Waals surface area (Å²) >= 11 is 1.31. The Balaban J connectivity index is 1.59. The number of aromatic nitrogens is 1. The molecule has 2 aromatic carbocycles. The van der Waals surface area contributed by atoms with Crippen LogP contribution in [0.15, 0.2) is 47.8 Å². The summed E-state index contributed by atoms with van der Waals surface area (Å²) in [5, 5.41) is 8.03. The van der Waals surface area contributed by atoms with Crippen LogP contribution in [-0.4, -0.2) is 31.5 Å². The molecule has 3 aromatic rings. The first-order valence-corrected chi connectivity index (χ1v) is 9.73. The highest BCUT2D eigenvalue weighted by Gasteiger charge is 2.30. The topological polar surface area (TPSA) is 81.7 Å². The molecular weight excluding hydrogens is 435 g/mol. The van der Waals surface area contributed by atoms with Crippen molar-refractivity contribution >= 4 is 33.8 Å². The molecule has 0 aliphatic heterocycles. The first-order chi connectivity index (χ1) is 14.8. The number of alkyl halides is 3. The van der Waals surface area contributed by atoms with Gasteiger partial charge < -0.3 is 24.8 Å². The van der Waals surface area contributed by atoms with Crippen molar-refractivity contribution < 1.29 is 32.2 Å². The Bertz CT molecular complexity index is 1040. The number of benzene rings is 2. The van der Waals surface area contributed by atoms with Gasteiger partial charge in [0.25, 0.3) is 0 Å². The maximum Gasteiger partial charge on any atom is 0.573 e. The molecule has 0 aliphatic carbocycles. The minimum Gasteiger partial charge on any atom is -0.497 e. The summed E-state index contributed by atoms with van der Waals surface area (Å²) in [4.78, 5) is 16.6. The molecule has 0 atom stereocenters. The molecule has 0 radical (unpaired) electrons. The lowest BCUT2D eigenvalue weighted by molar-refractivity contribution is -0.274. The third-order valence-electron chi connectivity index (χ3n) is 3.91. The van der Waals surface area contributed by atoms with Crippen molar-refractivity contribution in [2.45, 2.75) is 12.8 Å². The largest absolute Gasteiger partial charge is 0.573 e. The number of carbonyl (C=O) groups excluding carboxylic acids is 1. The van der Waals surface area contributed by atoms with E-state index >= 15 is 0 Å². The van der Waals surface area contributed by atoms with Gasteiger partial charge in [0.2, 0.25) is 5.91 Å². The molecule has 164 valence electrons. The van der Waals surface area contributed by atoms with Crippen LogP contribution in [0.3, 0.4) is 0 Å². The van der Waals surface area contributed by atoms with E-state index in [-0.39, 0.29) is 18.1 Å². The third-order valence-corrected chi connectivity index (χ3v) is 4.72. The van der Waals surface area contributed by atoms with Gasteiger partial charge in [-0.1, -0.05) is 0 Å². The van der Waals surface area contributed by atoms with Crippen LogP contribution in [0.4, 0.5) is 29.7 Å². The third kappa shape index (κ3) is 6.51. The van der Waals surface area contributed by atoms with Gasteiger partial charge in [0.1, 0.15) is 17.2 Å². The number of carbonyl (C=O) groups is 1. The summed E-state index contributed by atoms with van der Waals surface area (Å²) in [7, 11) is 3.11. The summed E-state index contributed by atoms with van der Waals surface area (Å²) in [6.07, 6.45) is -4.77. The van der Waals surface area contributed by atoms with E-state index in [1.54, 1.807) is 37.8 Å². The molecule has 31 heavy (non-hydrogen) atoms. The molecule has 0 aliphatic rings. The van der Waals surface area contributed by atoms with Crippen LogP contribution in [0.2, 0.25) is 0 Å². The standard InChI is InChI=1S/C20H18F3N3O4S/c1-28-15-7-8-17(29-2)16(10-15)26-19-25-13(11-31-19)9-18(27)24-12-3-5-14(6-4-12)30-20(21,22)23/h3-8,10-11H,9H2,1-2H3,(H,24,27)(H,25,26). The predicted octanol–water partition coefficient (Wildman–Crippen LogP) is 4.98. The maximum atomic E-state index is 12.2. The van der Waals surface area contributed by atoms with Crippen LogP contribution in [0.1, 0.15) is 5.69 Å². The van der Waals surface area contributed by atoms with E-state index in [0.717, 1.165) is 12.1 Å². The Morgan fingerprint density at radius 1 is 1.06 bits per heavy atom. The van der Waals surface area contributed by atoms with Crippen molar-refractivity contribution in [1.82, 2.24) is 4.98 Å². The zero-order chi connectivity index (χ0) is 22.4. The van der Waals surface area contributed by atoms with E-state index in [9.17, 15) is 18.0 Å². The van der Waals surface area contributed by atoms with Crippen LogP contribution in [-0.2, 0) is 11.2 Å². The van der Waals surface area contributed by atoms with E-state index in [4.69, 9.17) is 9.47 Å². The minimum absolute atomic E-state index is 0.00573. The van der Waals surface area contributed by atoms with Crippen molar-refractivity contribution in [2.24, 2.45) is 0 Å². The summed E-state index contributed by atoms with van der Waals surface area (Å²) in [6, 6.07) is 10.2. The zero-order valence-electron chi connectivity index (χ0n) is 16.4. The molecule has 2 N–H and O–H groups in total. The smallest absolute Gasteiger partial charge is 0.497 e. The molecule has 0 unspecified atom stereocenters. The van der Waals surface area contributed by atoms with Crippen molar-refractivity contribution in [3.05, 3.63) is 53.5 Å². The second-order valence-corrected chi connectivity index (χ2v) is 6.99. The van der Waals surface area contributed by atoms with Crippen molar-refractivity contribution in [3.63, 3.8) is 0 Å². The first kappa shape index (κ1) is 22.2. The summed E-state index contributed by atoms with van der Waals surface area (Å²) < 4.78 is 50.9. The lowest BCUT2D eigenvalue weighted by atomic mass is 10.2. The van der Waals surface area contributed by atoms with Gasteiger partial charge >= 0.3 is 6.36 Å². The minimum atomic E-state index is -4.77. The van der Waals surface area contributed by atoms with Gasteiger partial charge in [-0.15, -0.1) is 24.5 Å². The molecule has 0 saturated heterocycles. The number of hydrogen-bond acceptors (Lipinski definition) is 7. The number of hydrogen-bond donors (Lipinski definition) is 2. The molecule has 0 saturated carbocycles. The number of nitrogens with one attached hydrogen (secondary N) is 2. The Morgan fingerprint density at radius 3 is 2.42 bits per heavy atom. The molecule has 0 spiro atoms. The van der Waals surface area contributed by atoms with Crippen molar-refractivity contribution in [3.8, 4) is 17.2 Å². The van der Waals surface area contributed by atoms with Gasteiger partial charge in [-0.3, -0.25) is 4.79 Å². The summed E-state index contributed by atoms with van der Waals surface area (Å²) in [6.45, 7) is 0. The first-order valence-electron chi connectivity index (χ1n) is 8.85. The normalized spacial score (nSPS) is 11.0. The fourth-order valence-corrected chi connectivity index (χ4v) is 3.30. The fraction of sp³-hybridized carbons (Fsp3) is 0.200. The monoisotopic (exact) mass is 453 g/mol. The highest BCUT2D eigenvalue weighted by atomic mass is 32.1. The second kappa shape index (κ2) is 9.56. The zero-order valence-corrected chi connectivity index (χ0v) is 17.3. The number of rotatable bonds is 8. The number of thiazole rings is 1. The Hall–Kier alpha value is -3.47. The fourth-order valence-electron chi connectivity index (χ4n) is 2.58. The molecule has 7 nitrogen and oxygen atoms in total. The number of nitrogens with zero attached hydrogens (tertiary/aromatic N) is 1. The molecule has 11 heteroatoms. The van der Waals surface area contributed by atoms with Crippen LogP contribution < -0.4 is 24.8 Å². The van der Waals surface area contributed by atoms with Crippen molar-refractivity contribution in [1.29, 1.82) is 0 Å². The number of ether oxygens (including phenoxy) is 3. The lowest BCUT2D eigenvalue weighted by Gasteiger charge is -2.10. The van der Waals surface area contributed by atoms with Crippen LogP contribution in [0.5, 0.6) is 17.2 Å². The number of halogens is 3. The molecule has 0 bridgehead atoms. The van der Waals surface area contributed by atoms with Gasteiger partial charge in [0, 0.05) is 17.1 Å². The Morgan fingerprint density at radius 2 is 1.77 bits per heavy atom. The van der Waals surface area contributed by atoms with E-state index in [1.807, 2.05) is 0 Å². The molecule has 1 aromatic heterocycles. The Labute approximate surface area is 179 Å². The second-order valence-electron chi connectivity index (χ2n) is 6.13. The molecule has 1 heterocycles. The Kier molecular flexibility index (Phi) is 6.85. The van der Waals surface area contributed by atoms with Crippen LogP contribution >= 0.6 is 11.3 Å². The summed E-state index contributed by atoms with van der Waals surface area (Å²) in [5.74, 6) is 0.522. The lowest BCUT2D eigenvalue weighted by Crippen LogP contribution is -2.17. The SMILES string of the molecule is COc1ccc(OC)c(Nc2nc(CC(=O)Nc3ccc(OC(F)(F)F)cc3)cs2)c1. The van der Waals surface area contributed by atoms with Crippen LogP contribution in [0.25, 0.3) is 0 Å². The van der Waals surface area contributed by atoms with Gasteiger partial charge in [0.05, 0.1) is 32.0 Å². The number of amides is 1. The van der Waals surface area contributed by atoms with Gasteiger partial charge in [-0.2, -0.15) is 0 Å². The highest BCUT2D eigenvalue weighted by molar-refractivity contribution is 7.13. The van der Waals surface area contributed by atoms with E-state index in [0.29, 0.717) is 33.7 Å². The van der Waals surface area contributed by atoms with Gasteiger partial charge in [-0.05, 0) is 36.4 Å². The molecule has 3 rings (SSSR count). The van der Waals surface area contributed by atoms with E-state index in [2.05, 4.69) is 20.4 Å². The number of methoxy groups -OCH3 is 2. The van der Waals surface area contributed by atoms with Crippen molar-refractivity contribution in [2.75, 3.05) is 24.9 Å². The average molecular weight is 453 g/mol. The van der Waals surface area contributed by atoms with E-state index < -0.39 is 6.36 Å². The maximum absolute atomic E-state index is 12.2. The summed E-state index contributed by atoms with van der Waals surface area (Å²) in [5.41, 5.74) is 1.53.